The van der Waals surface area contributed by atoms with Crippen LogP contribution in [0.4, 0.5) is 0 Å². The highest BCUT2D eigenvalue weighted by atomic mass is 35.5. The molecular weight excluding hydrogens is 188 g/mol. The third-order valence-electron chi connectivity index (χ3n) is 2.45. The van der Waals surface area contributed by atoms with Crippen molar-refractivity contribution in [1.82, 2.24) is 4.90 Å². The van der Waals surface area contributed by atoms with Crippen LogP contribution in [0.2, 0.25) is 0 Å². The Kier molecular flexibility index (Phi) is 6.08. The standard InChI is InChI=1S/C9H18N2O.ClH/c1-2-5-11-6-3-4-8(7-11)9(10)12;/h8H,2-7H2,1H3,(H2,10,12);1H. The van der Waals surface area contributed by atoms with Crippen LogP contribution in [0.5, 0.6) is 0 Å². The van der Waals surface area contributed by atoms with E-state index >= 15 is 0 Å². The highest BCUT2D eigenvalue weighted by Crippen LogP contribution is 2.15. The lowest BCUT2D eigenvalue weighted by Gasteiger charge is -2.30. The molecule has 1 aliphatic heterocycles. The van der Waals surface area contributed by atoms with Gasteiger partial charge in [-0.05, 0) is 32.4 Å². The van der Waals surface area contributed by atoms with E-state index in [9.17, 15) is 4.79 Å². The Morgan fingerprint density at radius 2 is 2.31 bits per heavy atom. The van der Waals surface area contributed by atoms with Gasteiger partial charge >= 0.3 is 0 Å². The van der Waals surface area contributed by atoms with Crippen molar-refractivity contribution in [3.8, 4) is 0 Å². The minimum atomic E-state index is -0.129. The van der Waals surface area contributed by atoms with Crippen molar-refractivity contribution >= 4 is 18.3 Å². The number of amides is 1. The molecule has 0 aromatic carbocycles. The molecule has 78 valence electrons. The monoisotopic (exact) mass is 206 g/mol. The summed E-state index contributed by atoms with van der Waals surface area (Å²) in [6, 6.07) is 0. The maximum atomic E-state index is 10.9. The second-order valence-electron chi connectivity index (χ2n) is 3.54. The van der Waals surface area contributed by atoms with E-state index in [0.29, 0.717) is 0 Å². The predicted octanol–water partition coefficient (Wildman–Crippen LogP) is 1.02. The molecule has 1 rings (SSSR count). The van der Waals surface area contributed by atoms with Gasteiger partial charge in [0.05, 0.1) is 5.92 Å². The number of likely N-dealkylation sites (tertiary alicyclic amines) is 1. The lowest BCUT2D eigenvalue weighted by Crippen LogP contribution is -2.41. The first-order valence-electron chi connectivity index (χ1n) is 4.75. The summed E-state index contributed by atoms with van der Waals surface area (Å²) in [5.41, 5.74) is 5.26. The van der Waals surface area contributed by atoms with Gasteiger partial charge in [0.2, 0.25) is 5.91 Å². The molecule has 1 amide bonds. The number of halogens is 1. The van der Waals surface area contributed by atoms with Crippen molar-refractivity contribution in [3.63, 3.8) is 0 Å². The van der Waals surface area contributed by atoms with Crippen molar-refractivity contribution in [2.75, 3.05) is 19.6 Å². The topological polar surface area (TPSA) is 46.3 Å². The molecule has 0 aliphatic carbocycles. The predicted molar refractivity (Wildman–Crippen MR) is 55.9 cm³/mol. The Morgan fingerprint density at radius 1 is 1.62 bits per heavy atom. The van der Waals surface area contributed by atoms with Crippen LogP contribution in [0.15, 0.2) is 0 Å². The maximum absolute atomic E-state index is 10.9. The summed E-state index contributed by atoms with van der Waals surface area (Å²) in [5.74, 6) is -0.0268. The van der Waals surface area contributed by atoms with Crippen LogP contribution in [-0.4, -0.2) is 30.4 Å². The van der Waals surface area contributed by atoms with Gasteiger partial charge in [0.15, 0.2) is 0 Å². The minimum absolute atomic E-state index is 0. The first-order chi connectivity index (χ1) is 5.74. The average molecular weight is 207 g/mol. The third kappa shape index (κ3) is 3.96. The molecule has 0 aromatic heterocycles. The molecule has 0 aromatic rings. The second-order valence-corrected chi connectivity index (χ2v) is 3.54. The number of primary amides is 1. The zero-order valence-corrected chi connectivity index (χ0v) is 8.98. The summed E-state index contributed by atoms with van der Waals surface area (Å²) in [6.45, 7) is 5.28. The summed E-state index contributed by atoms with van der Waals surface area (Å²) >= 11 is 0. The van der Waals surface area contributed by atoms with Crippen LogP contribution in [0.3, 0.4) is 0 Å². The SMILES string of the molecule is CCCN1CCCC(C(N)=O)C1.Cl. The van der Waals surface area contributed by atoms with Crippen LogP contribution in [0.25, 0.3) is 0 Å². The van der Waals surface area contributed by atoms with E-state index in [1.54, 1.807) is 0 Å². The van der Waals surface area contributed by atoms with E-state index in [2.05, 4.69) is 11.8 Å². The van der Waals surface area contributed by atoms with Gasteiger partial charge in [-0.3, -0.25) is 4.79 Å². The summed E-state index contributed by atoms with van der Waals surface area (Å²) in [7, 11) is 0. The molecule has 1 saturated heterocycles. The van der Waals surface area contributed by atoms with E-state index in [1.165, 1.54) is 0 Å². The molecule has 1 fully saturated rings. The second kappa shape index (κ2) is 6.22. The molecule has 0 spiro atoms. The van der Waals surface area contributed by atoms with Crippen LogP contribution < -0.4 is 5.73 Å². The molecule has 1 atom stereocenters. The summed E-state index contributed by atoms with van der Waals surface area (Å²) in [4.78, 5) is 13.2. The van der Waals surface area contributed by atoms with E-state index in [0.717, 1.165) is 38.9 Å². The molecule has 0 radical (unpaired) electrons. The van der Waals surface area contributed by atoms with Gasteiger partial charge in [-0.15, -0.1) is 12.4 Å². The smallest absolute Gasteiger partial charge is 0.221 e. The first kappa shape index (κ1) is 12.7. The van der Waals surface area contributed by atoms with Gasteiger partial charge in [0, 0.05) is 6.54 Å². The van der Waals surface area contributed by atoms with Crippen molar-refractivity contribution in [2.45, 2.75) is 26.2 Å². The van der Waals surface area contributed by atoms with Crippen molar-refractivity contribution in [1.29, 1.82) is 0 Å². The average Bonchev–Trinajstić information content (AvgIpc) is 2.05. The van der Waals surface area contributed by atoms with Gasteiger partial charge in [-0.2, -0.15) is 0 Å². The number of nitrogens with two attached hydrogens (primary N) is 1. The van der Waals surface area contributed by atoms with Crippen LogP contribution in [-0.2, 0) is 4.79 Å². The lowest BCUT2D eigenvalue weighted by atomic mass is 9.97. The van der Waals surface area contributed by atoms with Crippen LogP contribution in [0.1, 0.15) is 26.2 Å². The van der Waals surface area contributed by atoms with E-state index in [4.69, 9.17) is 5.73 Å². The lowest BCUT2D eigenvalue weighted by molar-refractivity contribution is -0.123. The molecule has 13 heavy (non-hydrogen) atoms. The first-order valence-corrected chi connectivity index (χ1v) is 4.75. The van der Waals surface area contributed by atoms with Crippen molar-refractivity contribution < 1.29 is 4.79 Å². The molecule has 0 saturated carbocycles. The van der Waals surface area contributed by atoms with Gasteiger partial charge in [-0.25, -0.2) is 0 Å². The highest BCUT2D eigenvalue weighted by Gasteiger charge is 2.22. The molecule has 4 heteroatoms. The number of nitrogens with zero attached hydrogens (tertiary/aromatic N) is 1. The number of hydrogen-bond donors (Lipinski definition) is 1. The largest absolute Gasteiger partial charge is 0.369 e. The fourth-order valence-corrected chi connectivity index (χ4v) is 1.81. The Morgan fingerprint density at radius 3 is 2.85 bits per heavy atom. The zero-order chi connectivity index (χ0) is 8.97. The van der Waals surface area contributed by atoms with E-state index in [-0.39, 0.29) is 24.2 Å². The third-order valence-corrected chi connectivity index (χ3v) is 2.45. The van der Waals surface area contributed by atoms with Crippen molar-refractivity contribution in [3.05, 3.63) is 0 Å². The molecule has 3 nitrogen and oxygen atoms in total. The molecular formula is C9H19ClN2O. The number of hydrogen-bond acceptors (Lipinski definition) is 2. The molecule has 1 unspecified atom stereocenters. The number of carbonyl (C=O) groups excluding carboxylic acids is 1. The van der Waals surface area contributed by atoms with E-state index in [1.807, 2.05) is 0 Å². The molecule has 1 heterocycles. The van der Waals surface area contributed by atoms with Gasteiger partial charge in [0.1, 0.15) is 0 Å². The maximum Gasteiger partial charge on any atom is 0.221 e. The van der Waals surface area contributed by atoms with E-state index < -0.39 is 0 Å². The summed E-state index contributed by atoms with van der Waals surface area (Å²) in [5, 5.41) is 0. The van der Waals surface area contributed by atoms with Crippen LogP contribution in [0, 0.1) is 5.92 Å². The fourth-order valence-electron chi connectivity index (χ4n) is 1.81. The van der Waals surface area contributed by atoms with Crippen molar-refractivity contribution in [2.24, 2.45) is 11.7 Å². The number of rotatable bonds is 3. The number of carbonyl (C=O) groups is 1. The Balaban J connectivity index is 0.00000144. The number of piperidine rings is 1. The molecule has 2 N–H and O–H groups in total. The minimum Gasteiger partial charge on any atom is -0.369 e. The molecule has 0 bridgehead atoms. The van der Waals surface area contributed by atoms with Gasteiger partial charge in [-0.1, -0.05) is 6.92 Å². The Labute approximate surface area is 86.1 Å². The normalized spacial score (nSPS) is 23.6. The molecule has 1 aliphatic rings. The quantitative estimate of drug-likeness (QED) is 0.750. The zero-order valence-electron chi connectivity index (χ0n) is 8.16. The van der Waals surface area contributed by atoms with Gasteiger partial charge < -0.3 is 10.6 Å². The van der Waals surface area contributed by atoms with Gasteiger partial charge in [0.25, 0.3) is 0 Å². The Bertz CT molecular complexity index is 162. The summed E-state index contributed by atoms with van der Waals surface area (Å²) < 4.78 is 0. The Hall–Kier alpha value is -0.280. The summed E-state index contributed by atoms with van der Waals surface area (Å²) in [6.07, 6.45) is 3.26. The highest BCUT2D eigenvalue weighted by molar-refractivity contribution is 5.85. The fraction of sp³-hybridized carbons (Fsp3) is 0.889. The van der Waals surface area contributed by atoms with Crippen LogP contribution >= 0.6 is 12.4 Å².